The monoisotopic (exact) mass is 617 g/mol. The lowest BCUT2D eigenvalue weighted by Crippen LogP contribution is -2.44. The van der Waals surface area contributed by atoms with E-state index in [2.05, 4.69) is 26.3 Å². The number of fused-ring (bicyclic) bond motifs is 1. The van der Waals surface area contributed by atoms with Crippen molar-refractivity contribution in [2.45, 2.75) is 52.1 Å². The van der Waals surface area contributed by atoms with Gasteiger partial charge < -0.3 is 21.3 Å². The van der Waals surface area contributed by atoms with Crippen LogP contribution in [-0.4, -0.2) is 41.0 Å². The zero-order chi connectivity index (χ0) is 31.9. The Balaban J connectivity index is 1.45. The summed E-state index contributed by atoms with van der Waals surface area (Å²) in [7, 11) is 0. The molecular formula is C33H34F3N7O2. The molecule has 1 aliphatic carbocycles. The Hall–Kier alpha value is -4.71. The number of anilines is 3. The first kappa shape index (κ1) is 30.3. The number of aromatic nitrogens is 2. The van der Waals surface area contributed by atoms with E-state index in [1.807, 2.05) is 26.0 Å². The highest BCUT2D eigenvalue weighted by atomic mass is 19.1. The summed E-state index contributed by atoms with van der Waals surface area (Å²) in [6.45, 7) is 7.27. The van der Waals surface area contributed by atoms with Crippen LogP contribution in [0.4, 0.5) is 35.4 Å². The maximum Gasteiger partial charge on any atom is 0.328 e. The molecule has 3 heterocycles. The predicted octanol–water partition coefficient (Wildman–Crippen LogP) is 5.72. The number of aryl methyl sites for hydroxylation is 1. The third kappa shape index (κ3) is 6.02. The molecule has 9 nitrogen and oxygen atoms in total. The summed E-state index contributed by atoms with van der Waals surface area (Å²) >= 11 is 0. The molecule has 0 saturated carbocycles. The minimum absolute atomic E-state index is 0.0260. The van der Waals surface area contributed by atoms with Crippen LogP contribution in [0, 0.1) is 29.8 Å². The fourth-order valence-electron chi connectivity index (χ4n) is 5.87. The molecule has 2 aromatic carbocycles. The lowest BCUT2D eigenvalue weighted by atomic mass is 9.72. The highest BCUT2D eigenvalue weighted by molar-refractivity contribution is 6.01. The fraction of sp³-hybridized carbons (Fsp3) is 0.333. The van der Waals surface area contributed by atoms with Crippen molar-refractivity contribution in [3.63, 3.8) is 0 Å². The fourth-order valence-corrected chi connectivity index (χ4v) is 5.87. The van der Waals surface area contributed by atoms with Gasteiger partial charge in [0, 0.05) is 28.8 Å². The molecular weight excluding hydrogens is 583 g/mol. The van der Waals surface area contributed by atoms with Crippen LogP contribution in [0.1, 0.15) is 59.8 Å². The van der Waals surface area contributed by atoms with Gasteiger partial charge in [-0.3, -0.25) is 4.79 Å². The summed E-state index contributed by atoms with van der Waals surface area (Å²) in [5.74, 6) is -2.94. The second kappa shape index (κ2) is 12.0. The largest absolute Gasteiger partial charge is 0.351 e. The Morgan fingerprint density at radius 3 is 2.49 bits per heavy atom. The molecule has 1 fully saturated rings. The lowest BCUT2D eigenvalue weighted by Gasteiger charge is -2.37. The van der Waals surface area contributed by atoms with Crippen molar-refractivity contribution in [2.75, 3.05) is 23.3 Å². The highest BCUT2D eigenvalue weighted by Crippen LogP contribution is 2.45. The molecule has 1 aromatic heterocycles. The van der Waals surface area contributed by atoms with Crippen LogP contribution in [0.5, 0.6) is 0 Å². The Morgan fingerprint density at radius 2 is 1.78 bits per heavy atom. The summed E-state index contributed by atoms with van der Waals surface area (Å²) < 4.78 is 44.4. The number of rotatable bonds is 6. The standard InChI is InChI=1S/C33H34F3N7O2/c1-18-7-8-19(15-26(18)36)30(44)39-21-9-12-33(2,3)23(16-21)27-22-17-38-32(45)43(28-24(34)5-4-6-25(28)35)29(22)42-31(41-27)40-20-10-13-37-14-11-20/h4-9,12,15-16,20,23,37H,10-11,13-14,17H2,1-3H3,(H,38,45)(H,39,44)(H,40,41,42). The first-order valence-corrected chi connectivity index (χ1v) is 14.9. The number of amides is 3. The van der Waals surface area contributed by atoms with Gasteiger partial charge in [-0.2, -0.15) is 4.98 Å². The molecule has 3 aliphatic rings. The Labute approximate surface area is 259 Å². The smallest absolute Gasteiger partial charge is 0.328 e. The molecule has 0 radical (unpaired) electrons. The number of para-hydroxylation sites is 1. The lowest BCUT2D eigenvalue weighted by molar-refractivity contribution is 0.0966. The number of hydrogen-bond acceptors (Lipinski definition) is 6. The number of hydrogen-bond donors (Lipinski definition) is 4. The van der Waals surface area contributed by atoms with Gasteiger partial charge in [0.25, 0.3) is 5.91 Å². The Kier molecular flexibility index (Phi) is 8.08. The second-order valence-electron chi connectivity index (χ2n) is 12.1. The van der Waals surface area contributed by atoms with Gasteiger partial charge in [-0.05, 0) is 74.2 Å². The number of benzene rings is 2. The van der Waals surface area contributed by atoms with Gasteiger partial charge in [-0.1, -0.05) is 38.1 Å². The predicted molar refractivity (Wildman–Crippen MR) is 165 cm³/mol. The number of urea groups is 1. The molecule has 3 aromatic rings. The Bertz CT molecular complexity index is 1710. The van der Waals surface area contributed by atoms with Crippen LogP contribution < -0.4 is 26.2 Å². The van der Waals surface area contributed by atoms with E-state index in [0.717, 1.165) is 43.0 Å². The van der Waals surface area contributed by atoms with E-state index in [-0.39, 0.29) is 29.9 Å². The van der Waals surface area contributed by atoms with Crippen LogP contribution in [-0.2, 0) is 6.54 Å². The van der Waals surface area contributed by atoms with Crippen molar-refractivity contribution >= 4 is 29.4 Å². The van der Waals surface area contributed by atoms with Crippen molar-refractivity contribution in [2.24, 2.45) is 5.41 Å². The molecule has 3 amide bonds. The van der Waals surface area contributed by atoms with Crippen LogP contribution in [0.25, 0.3) is 0 Å². The maximum absolute atomic E-state index is 15.1. The molecule has 0 spiro atoms. The molecule has 0 bridgehead atoms. The van der Waals surface area contributed by atoms with E-state index in [0.29, 0.717) is 22.5 Å². The third-order valence-electron chi connectivity index (χ3n) is 8.51. The highest BCUT2D eigenvalue weighted by Gasteiger charge is 2.39. The van der Waals surface area contributed by atoms with Crippen molar-refractivity contribution in [3.05, 3.63) is 100 Å². The van der Waals surface area contributed by atoms with Gasteiger partial charge in [0.05, 0.1) is 12.2 Å². The van der Waals surface area contributed by atoms with Crippen LogP contribution in [0.2, 0.25) is 0 Å². The van der Waals surface area contributed by atoms with E-state index in [9.17, 15) is 14.0 Å². The minimum atomic E-state index is -0.913. The molecule has 6 rings (SSSR count). The molecule has 45 heavy (non-hydrogen) atoms. The zero-order valence-electron chi connectivity index (χ0n) is 25.2. The average Bonchev–Trinajstić information content (AvgIpc) is 3.00. The topological polar surface area (TPSA) is 111 Å². The number of nitrogens with one attached hydrogen (secondary N) is 4. The molecule has 1 unspecified atom stereocenters. The number of carbonyl (C=O) groups excluding carboxylic acids is 2. The molecule has 12 heteroatoms. The average molecular weight is 618 g/mol. The molecule has 1 atom stereocenters. The minimum Gasteiger partial charge on any atom is -0.351 e. The van der Waals surface area contributed by atoms with Crippen LogP contribution in [0.15, 0.2) is 60.3 Å². The SMILES string of the molecule is Cc1ccc(C(=O)NC2=CC(c3nc(NC4CCNCC4)nc4c3CNC(=O)N4c3c(F)cccc3F)C(C)(C)C=C2)cc1F. The number of carbonyl (C=O) groups is 2. The first-order valence-electron chi connectivity index (χ1n) is 14.9. The second-order valence-corrected chi connectivity index (χ2v) is 12.1. The van der Waals surface area contributed by atoms with E-state index in [1.54, 1.807) is 25.1 Å². The number of allylic oxidation sites excluding steroid dienone is 3. The summed E-state index contributed by atoms with van der Waals surface area (Å²) in [5, 5.41) is 12.3. The quantitative estimate of drug-likeness (QED) is 0.282. The van der Waals surface area contributed by atoms with Gasteiger partial charge in [0.15, 0.2) is 5.82 Å². The Morgan fingerprint density at radius 1 is 1.04 bits per heavy atom. The maximum atomic E-state index is 15.1. The summed E-state index contributed by atoms with van der Waals surface area (Å²) in [6, 6.07) is 7.02. The summed E-state index contributed by atoms with van der Waals surface area (Å²) in [6.07, 6.45) is 7.20. The van der Waals surface area contributed by atoms with Crippen LogP contribution in [0.3, 0.4) is 0 Å². The molecule has 4 N–H and O–H groups in total. The summed E-state index contributed by atoms with van der Waals surface area (Å²) in [4.78, 5) is 36.8. The normalized spacial score (nSPS) is 19.4. The van der Waals surface area contributed by atoms with E-state index >= 15 is 8.78 Å². The van der Waals surface area contributed by atoms with Gasteiger partial charge in [0.2, 0.25) is 5.95 Å². The van der Waals surface area contributed by atoms with Crippen molar-refractivity contribution < 1.29 is 22.8 Å². The zero-order valence-corrected chi connectivity index (χ0v) is 25.2. The van der Waals surface area contributed by atoms with Gasteiger partial charge >= 0.3 is 6.03 Å². The van der Waals surface area contributed by atoms with E-state index in [1.165, 1.54) is 12.1 Å². The van der Waals surface area contributed by atoms with Crippen LogP contribution >= 0.6 is 0 Å². The third-order valence-corrected chi connectivity index (χ3v) is 8.51. The van der Waals surface area contributed by atoms with Crippen molar-refractivity contribution in [1.29, 1.82) is 0 Å². The van der Waals surface area contributed by atoms with Gasteiger partial charge in [0.1, 0.15) is 23.1 Å². The molecule has 1 saturated heterocycles. The number of piperidine rings is 1. The van der Waals surface area contributed by atoms with E-state index < -0.39 is 46.4 Å². The van der Waals surface area contributed by atoms with E-state index in [4.69, 9.17) is 4.98 Å². The van der Waals surface area contributed by atoms with Crippen molar-refractivity contribution in [1.82, 2.24) is 25.9 Å². The van der Waals surface area contributed by atoms with Gasteiger partial charge in [-0.25, -0.2) is 27.8 Å². The first-order chi connectivity index (χ1) is 21.5. The molecule has 234 valence electrons. The molecule has 2 aliphatic heterocycles. The number of halogens is 3. The van der Waals surface area contributed by atoms with Gasteiger partial charge in [-0.15, -0.1) is 0 Å². The van der Waals surface area contributed by atoms with Crippen molar-refractivity contribution in [3.8, 4) is 0 Å². The number of nitrogens with zero attached hydrogens (tertiary/aromatic N) is 3. The summed E-state index contributed by atoms with van der Waals surface area (Å²) in [5.41, 5.74) is 1.03.